The Bertz CT molecular complexity index is 654. The molecule has 0 saturated carbocycles. The van der Waals surface area contributed by atoms with Crippen LogP contribution >= 0.6 is 11.6 Å². The van der Waals surface area contributed by atoms with Gasteiger partial charge < -0.3 is 5.32 Å². The van der Waals surface area contributed by atoms with Crippen molar-refractivity contribution in [1.29, 1.82) is 0 Å². The maximum atomic E-state index is 14.2. The molecule has 2 aromatic carbocycles. The summed E-state index contributed by atoms with van der Waals surface area (Å²) in [6.45, 7) is 0. The van der Waals surface area contributed by atoms with E-state index in [1.165, 1.54) is 30.0 Å². The van der Waals surface area contributed by atoms with Crippen molar-refractivity contribution in [3.8, 4) is 0 Å². The van der Waals surface area contributed by atoms with Crippen LogP contribution in [0.2, 0.25) is 5.02 Å². The highest BCUT2D eigenvalue weighted by Gasteiger charge is 2.18. The first-order valence-corrected chi connectivity index (χ1v) is 7.81. The van der Waals surface area contributed by atoms with Crippen LogP contribution in [-0.4, -0.2) is 7.05 Å². The number of benzene rings is 2. The molecule has 0 amide bonds. The molecule has 0 saturated heterocycles. The fraction of sp³-hybridized carbons (Fsp3) is 0.333. The van der Waals surface area contributed by atoms with Gasteiger partial charge in [0.1, 0.15) is 5.82 Å². The summed E-state index contributed by atoms with van der Waals surface area (Å²) in [6.07, 6.45) is 4.81. The quantitative estimate of drug-likeness (QED) is 0.869. The Balaban J connectivity index is 1.99. The molecule has 1 aliphatic rings. The third-order valence-corrected chi connectivity index (χ3v) is 4.50. The number of aryl methyl sites for hydroxylation is 2. The molecule has 0 fully saturated rings. The molecule has 0 aromatic heterocycles. The van der Waals surface area contributed by atoms with Crippen molar-refractivity contribution in [2.45, 2.75) is 31.7 Å². The molecule has 1 nitrogen and oxygen atoms in total. The minimum atomic E-state index is -0.264. The SMILES string of the molecule is CNC(c1ccc2c(c1)CCCC2)c1ccc(Cl)cc1F. The van der Waals surface area contributed by atoms with E-state index in [9.17, 15) is 4.39 Å². The Kier molecular flexibility index (Phi) is 4.27. The summed E-state index contributed by atoms with van der Waals surface area (Å²) < 4.78 is 14.2. The molecule has 21 heavy (non-hydrogen) atoms. The van der Waals surface area contributed by atoms with E-state index in [0.29, 0.717) is 10.6 Å². The molecular formula is C18H19ClFN. The minimum absolute atomic E-state index is 0.144. The van der Waals surface area contributed by atoms with Crippen molar-refractivity contribution in [3.05, 3.63) is 69.5 Å². The predicted octanol–water partition coefficient (Wildman–Crippen LogP) is 4.67. The lowest BCUT2D eigenvalue weighted by atomic mass is 9.88. The zero-order valence-corrected chi connectivity index (χ0v) is 12.9. The van der Waals surface area contributed by atoms with Crippen LogP contribution in [0.4, 0.5) is 4.39 Å². The molecule has 0 radical (unpaired) electrons. The van der Waals surface area contributed by atoms with Gasteiger partial charge >= 0.3 is 0 Å². The van der Waals surface area contributed by atoms with Gasteiger partial charge in [-0.3, -0.25) is 0 Å². The molecule has 0 bridgehead atoms. The third kappa shape index (κ3) is 2.97. The van der Waals surface area contributed by atoms with E-state index < -0.39 is 0 Å². The second kappa shape index (κ2) is 6.17. The van der Waals surface area contributed by atoms with E-state index >= 15 is 0 Å². The lowest BCUT2D eigenvalue weighted by Crippen LogP contribution is -2.19. The van der Waals surface area contributed by atoms with Crippen LogP contribution in [0, 0.1) is 5.82 Å². The van der Waals surface area contributed by atoms with E-state index in [1.54, 1.807) is 12.1 Å². The number of nitrogens with one attached hydrogen (secondary N) is 1. The smallest absolute Gasteiger partial charge is 0.129 e. The molecule has 1 unspecified atom stereocenters. The summed E-state index contributed by atoms with van der Waals surface area (Å²) in [5, 5.41) is 3.65. The summed E-state index contributed by atoms with van der Waals surface area (Å²) in [4.78, 5) is 0. The van der Waals surface area contributed by atoms with Crippen LogP contribution in [0.15, 0.2) is 36.4 Å². The van der Waals surface area contributed by atoms with Crippen LogP contribution in [0.5, 0.6) is 0 Å². The molecule has 3 heteroatoms. The Morgan fingerprint density at radius 2 is 1.81 bits per heavy atom. The van der Waals surface area contributed by atoms with Gasteiger partial charge in [0, 0.05) is 10.6 Å². The molecule has 2 aromatic rings. The molecule has 3 rings (SSSR count). The second-order valence-electron chi connectivity index (χ2n) is 5.62. The lowest BCUT2D eigenvalue weighted by molar-refractivity contribution is 0.575. The number of rotatable bonds is 3. The number of hydrogen-bond donors (Lipinski definition) is 1. The fourth-order valence-electron chi connectivity index (χ4n) is 3.17. The second-order valence-corrected chi connectivity index (χ2v) is 6.06. The highest BCUT2D eigenvalue weighted by molar-refractivity contribution is 6.30. The summed E-state index contributed by atoms with van der Waals surface area (Å²) >= 11 is 5.85. The van der Waals surface area contributed by atoms with E-state index in [-0.39, 0.29) is 11.9 Å². The van der Waals surface area contributed by atoms with Crippen LogP contribution in [-0.2, 0) is 12.8 Å². The van der Waals surface area contributed by atoms with Crippen molar-refractivity contribution in [3.63, 3.8) is 0 Å². The largest absolute Gasteiger partial charge is 0.309 e. The van der Waals surface area contributed by atoms with Crippen molar-refractivity contribution < 1.29 is 4.39 Å². The summed E-state index contributed by atoms with van der Waals surface area (Å²) in [5.41, 5.74) is 4.60. The fourth-order valence-corrected chi connectivity index (χ4v) is 3.33. The van der Waals surface area contributed by atoms with Crippen molar-refractivity contribution in [2.75, 3.05) is 7.05 Å². The Morgan fingerprint density at radius 1 is 1.05 bits per heavy atom. The Labute approximate surface area is 130 Å². The van der Waals surface area contributed by atoms with Crippen molar-refractivity contribution in [1.82, 2.24) is 5.32 Å². The summed E-state index contributed by atoms with van der Waals surface area (Å²) in [7, 11) is 1.86. The third-order valence-electron chi connectivity index (χ3n) is 4.27. The van der Waals surface area contributed by atoms with Gasteiger partial charge in [-0.2, -0.15) is 0 Å². The molecule has 1 aliphatic carbocycles. The molecule has 0 spiro atoms. The van der Waals surface area contributed by atoms with Gasteiger partial charge in [0.05, 0.1) is 6.04 Å². The molecule has 0 heterocycles. The zero-order chi connectivity index (χ0) is 14.8. The van der Waals surface area contributed by atoms with Gasteiger partial charge in [0.15, 0.2) is 0 Å². The first-order valence-electron chi connectivity index (χ1n) is 7.43. The molecule has 1 atom stereocenters. The van der Waals surface area contributed by atoms with Gasteiger partial charge in [0.2, 0.25) is 0 Å². The van der Waals surface area contributed by atoms with E-state index in [2.05, 4.69) is 23.5 Å². The first kappa shape index (κ1) is 14.6. The number of fused-ring (bicyclic) bond motifs is 1. The standard InChI is InChI=1S/C18H19ClFN/c1-21-18(16-9-8-15(19)11-17(16)20)14-7-6-12-4-2-3-5-13(12)10-14/h6-11,18,21H,2-5H2,1H3. The van der Waals surface area contributed by atoms with E-state index in [4.69, 9.17) is 11.6 Å². The van der Waals surface area contributed by atoms with Crippen LogP contribution < -0.4 is 5.32 Å². The minimum Gasteiger partial charge on any atom is -0.309 e. The van der Waals surface area contributed by atoms with Crippen LogP contribution in [0.1, 0.15) is 41.1 Å². The predicted molar refractivity (Wildman–Crippen MR) is 85.4 cm³/mol. The van der Waals surface area contributed by atoms with E-state index in [0.717, 1.165) is 18.4 Å². The van der Waals surface area contributed by atoms with Crippen molar-refractivity contribution >= 4 is 11.6 Å². The van der Waals surface area contributed by atoms with Crippen molar-refractivity contribution in [2.24, 2.45) is 0 Å². The van der Waals surface area contributed by atoms with Gasteiger partial charge in [-0.05, 0) is 61.6 Å². The number of halogens is 2. The van der Waals surface area contributed by atoms with Crippen LogP contribution in [0.3, 0.4) is 0 Å². The maximum absolute atomic E-state index is 14.2. The average molecular weight is 304 g/mol. The summed E-state index contributed by atoms with van der Waals surface area (Å²) in [5.74, 6) is -0.264. The van der Waals surface area contributed by atoms with E-state index in [1.807, 2.05) is 7.05 Å². The monoisotopic (exact) mass is 303 g/mol. The Morgan fingerprint density at radius 3 is 2.52 bits per heavy atom. The Hall–Kier alpha value is -1.38. The molecule has 0 aliphatic heterocycles. The molecule has 110 valence electrons. The zero-order valence-electron chi connectivity index (χ0n) is 12.1. The lowest BCUT2D eigenvalue weighted by Gasteiger charge is -2.22. The van der Waals surface area contributed by atoms with Gasteiger partial charge in [-0.1, -0.05) is 35.9 Å². The molecular weight excluding hydrogens is 285 g/mol. The molecule has 1 N–H and O–H groups in total. The van der Waals surface area contributed by atoms with Gasteiger partial charge in [-0.15, -0.1) is 0 Å². The number of hydrogen-bond acceptors (Lipinski definition) is 1. The maximum Gasteiger partial charge on any atom is 0.129 e. The van der Waals surface area contributed by atoms with Gasteiger partial charge in [0.25, 0.3) is 0 Å². The highest BCUT2D eigenvalue weighted by atomic mass is 35.5. The van der Waals surface area contributed by atoms with Gasteiger partial charge in [-0.25, -0.2) is 4.39 Å². The summed E-state index contributed by atoms with van der Waals surface area (Å²) in [6, 6.07) is 11.3. The first-order chi connectivity index (χ1) is 10.2. The highest BCUT2D eigenvalue weighted by Crippen LogP contribution is 2.29. The normalized spacial score (nSPS) is 15.6. The topological polar surface area (TPSA) is 12.0 Å². The van der Waals surface area contributed by atoms with Crippen LogP contribution in [0.25, 0.3) is 0 Å². The average Bonchev–Trinajstić information content (AvgIpc) is 2.50.